The highest BCUT2D eigenvalue weighted by Gasteiger charge is 2.41. The number of carbonyl (C=O) groups is 3. The lowest BCUT2D eigenvalue weighted by Gasteiger charge is -2.35. The number of nitrogens with one attached hydrogen (secondary N) is 3. The van der Waals surface area contributed by atoms with Gasteiger partial charge in [0, 0.05) is 19.1 Å². The average molecular weight is 797 g/mol. The van der Waals surface area contributed by atoms with Crippen LogP contribution in [0.5, 0.6) is 0 Å². The van der Waals surface area contributed by atoms with E-state index in [1.54, 1.807) is 0 Å². The smallest absolute Gasteiger partial charge is 0.407 e. The van der Waals surface area contributed by atoms with Gasteiger partial charge in [-0.05, 0) is 79.4 Å². The van der Waals surface area contributed by atoms with Gasteiger partial charge in [-0.3, -0.25) is 14.5 Å². The minimum atomic E-state index is -0.486. The van der Waals surface area contributed by atoms with Crippen LogP contribution in [0.4, 0.5) is 4.79 Å². The van der Waals surface area contributed by atoms with Crippen molar-refractivity contribution in [1.29, 1.82) is 0 Å². The molecule has 1 aliphatic carbocycles. The van der Waals surface area contributed by atoms with Crippen molar-refractivity contribution in [1.82, 2.24) is 40.0 Å². The summed E-state index contributed by atoms with van der Waals surface area (Å²) in [5.74, 6) is 1.59. The van der Waals surface area contributed by atoms with E-state index in [0.29, 0.717) is 6.54 Å². The van der Waals surface area contributed by atoms with Gasteiger partial charge in [0.1, 0.15) is 17.7 Å². The fraction of sp³-hybridized carbons (Fsp3) is 0.426. The van der Waals surface area contributed by atoms with Crippen molar-refractivity contribution >= 4 is 17.9 Å². The Labute approximate surface area is 346 Å². The second-order valence-electron chi connectivity index (χ2n) is 16.1. The number of hydrogen-bond acceptors (Lipinski definition) is 7. The first kappa shape index (κ1) is 40.0. The zero-order valence-corrected chi connectivity index (χ0v) is 34.4. The molecule has 0 spiro atoms. The number of amides is 3. The SMILES string of the molecule is CCN(CC)[C@@H](C(=O)N1CCC[C@H]1c1ncc(-c2ccc(-c3ccc(-c4cnc([C@@H]5CCCN5C(=O)[C@H]5CCCC[C@H]5NC(=O)OC)[nH]4)cc3)cc2)[nH]1)c1ccccc1. The first-order chi connectivity index (χ1) is 28.9. The molecule has 5 aromatic rings. The second kappa shape index (κ2) is 18.0. The van der Waals surface area contributed by atoms with Crippen LogP contribution in [-0.2, 0) is 14.3 Å². The van der Waals surface area contributed by atoms with Gasteiger partial charge in [-0.15, -0.1) is 0 Å². The van der Waals surface area contributed by atoms with Gasteiger partial charge >= 0.3 is 6.09 Å². The number of rotatable bonds is 12. The summed E-state index contributed by atoms with van der Waals surface area (Å²) in [6.07, 6.45) is 10.3. The maximum atomic E-state index is 14.2. The van der Waals surface area contributed by atoms with E-state index < -0.39 is 6.09 Å². The number of ether oxygens (including phenoxy) is 1. The van der Waals surface area contributed by atoms with Crippen molar-refractivity contribution in [3.63, 3.8) is 0 Å². The largest absolute Gasteiger partial charge is 0.453 e. The number of methoxy groups -OCH3 is 1. The Kier molecular flexibility index (Phi) is 12.2. The van der Waals surface area contributed by atoms with E-state index in [9.17, 15) is 14.4 Å². The summed E-state index contributed by atoms with van der Waals surface area (Å²) in [6, 6.07) is 26.3. The number of benzene rings is 3. The van der Waals surface area contributed by atoms with Crippen LogP contribution in [0, 0.1) is 5.92 Å². The molecule has 59 heavy (non-hydrogen) atoms. The number of aromatic amines is 2. The van der Waals surface area contributed by atoms with E-state index in [4.69, 9.17) is 14.7 Å². The lowest BCUT2D eigenvalue weighted by atomic mass is 9.83. The highest BCUT2D eigenvalue weighted by Crippen LogP contribution is 2.38. The summed E-state index contributed by atoms with van der Waals surface area (Å²) in [6.45, 7) is 7.22. The first-order valence-corrected chi connectivity index (χ1v) is 21.4. The molecule has 5 atom stereocenters. The summed E-state index contributed by atoms with van der Waals surface area (Å²) >= 11 is 0. The normalized spacial score (nSPS) is 21.2. The number of nitrogens with zero attached hydrogens (tertiary/aromatic N) is 5. The van der Waals surface area contributed by atoms with Crippen LogP contribution >= 0.6 is 0 Å². The van der Waals surface area contributed by atoms with E-state index in [-0.39, 0.29) is 41.9 Å². The van der Waals surface area contributed by atoms with E-state index in [1.807, 2.05) is 40.4 Å². The van der Waals surface area contributed by atoms with Gasteiger partial charge < -0.3 is 29.8 Å². The van der Waals surface area contributed by atoms with Crippen molar-refractivity contribution in [3.05, 3.63) is 108 Å². The monoisotopic (exact) mass is 796 g/mol. The molecule has 8 rings (SSSR count). The third kappa shape index (κ3) is 8.41. The number of alkyl carbamates (subject to hydrolysis) is 1. The predicted octanol–water partition coefficient (Wildman–Crippen LogP) is 8.46. The van der Waals surface area contributed by atoms with Crippen LogP contribution in [-0.4, -0.2) is 91.9 Å². The van der Waals surface area contributed by atoms with Crippen LogP contribution in [0.25, 0.3) is 33.6 Å². The van der Waals surface area contributed by atoms with E-state index >= 15 is 0 Å². The highest BCUT2D eigenvalue weighted by atomic mass is 16.5. The lowest BCUT2D eigenvalue weighted by Crippen LogP contribution is -2.49. The molecular formula is C47H56N8O4. The first-order valence-electron chi connectivity index (χ1n) is 21.4. The number of imidazole rings is 2. The molecule has 3 aromatic carbocycles. The molecule has 4 heterocycles. The van der Waals surface area contributed by atoms with Crippen molar-refractivity contribution in [2.24, 2.45) is 5.92 Å². The number of H-pyrrole nitrogens is 2. The lowest BCUT2D eigenvalue weighted by molar-refractivity contribution is -0.139. The fourth-order valence-corrected chi connectivity index (χ4v) is 9.53. The molecule has 0 unspecified atom stereocenters. The maximum Gasteiger partial charge on any atom is 0.407 e. The number of likely N-dealkylation sites (tertiary alicyclic amines) is 2. The zero-order chi connectivity index (χ0) is 40.9. The van der Waals surface area contributed by atoms with Crippen LogP contribution in [0.1, 0.15) is 101 Å². The average Bonchev–Trinajstić information content (AvgIpc) is 4.13. The second-order valence-corrected chi connectivity index (χ2v) is 16.1. The molecule has 3 amide bonds. The van der Waals surface area contributed by atoms with Gasteiger partial charge in [-0.2, -0.15) is 0 Å². The number of hydrogen-bond donors (Lipinski definition) is 3. The van der Waals surface area contributed by atoms with Crippen molar-refractivity contribution in [3.8, 4) is 33.6 Å². The molecule has 2 saturated heterocycles. The molecule has 3 aliphatic rings. The predicted molar refractivity (Wildman–Crippen MR) is 228 cm³/mol. The molecule has 308 valence electrons. The Morgan fingerprint density at radius 2 is 1.24 bits per heavy atom. The van der Waals surface area contributed by atoms with Gasteiger partial charge in [0.2, 0.25) is 11.8 Å². The molecule has 3 N–H and O–H groups in total. The molecule has 12 nitrogen and oxygen atoms in total. The zero-order valence-electron chi connectivity index (χ0n) is 34.4. The summed E-state index contributed by atoms with van der Waals surface area (Å²) in [4.78, 5) is 63.0. The molecule has 2 aromatic heterocycles. The van der Waals surface area contributed by atoms with Crippen molar-refractivity contribution in [2.45, 2.75) is 89.4 Å². The van der Waals surface area contributed by atoms with Gasteiger partial charge in [-0.25, -0.2) is 14.8 Å². The molecule has 3 fully saturated rings. The van der Waals surface area contributed by atoms with Crippen LogP contribution < -0.4 is 5.32 Å². The minimum Gasteiger partial charge on any atom is -0.453 e. The summed E-state index contributed by atoms with van der Waals surface area (Å²) in [5, 5.41) is 2.91. The van der Waals surface area contributed by atoms with Crippen molar-refractivity contribution in [2.75, 3.05) is 33.3 Å². The Balaban J connectivity index is 0.919. The van der Waals surface area contributed by atoms with Gasteiger partial charge in [0.25, 0.3) is 0 Å². The Hall–Kier alpha value is -5.75. The standard InChI is InChI=1S/C47H56N8O4/c1-4-53(5-2)42(35-13-7-6-8-14-35)46(57)55-28-12-18-41(55)44-49-30-39(51-44)34-25-21-32(22-26-34)31-19-23-33(24-20-31)38-29-48-43(50-38)40-17-11-27-54(40)45(56)36-15-9-10-16-37(36)52-47(58)59-3/h6-8,13-14,19-26,29-30,36-37,40-42H,4-5,9-12,15-18,27-28H2,1-3H3,(H,48,50)(H,49,51)(H,52,58)/t36-,37+,40-,41-,42+/m0/s1. The number of aromatic nitrogens is 4. The molecule has 0 radical (unpaired) electrons. The molecule has 1 saturated carbocycles. The Bertz CT molecular complexity index is 2200. The third-order valence-electron chi connectivity index (χ3n) is 12.7. The van der Waals surface area contributed by atoms with E-state index in [2.05, 4.69) is 94.7 Å². The molecule has 0 bridgehead atoms. The maximum absolute atomic E-state index is 14.2. The summed E-state index contributed by atoms with van der Waals surface area (Å²) in [5.41, 5.74) is 7.12. The minimum absolute atomic E-state index is 0.0884. The highest BCUT2D eigenvalue weighted by molar-refractivity contribution is 5.84. The van der Waals surface area contributed by atoms with E-state index in [1.165, 1.54) is 7.11 Å². The third-order valence-corrected chi connectivity index (χ3v) is 12.7. The van der Waals surface area contributed by atoms with Crippen LogP contribution in [0.3, 0.4) is 0 Å². The number of likely N-dealkylation sites (N-methyl/N-ethyl adjacent to an activating group) is 1. The number of carbonyl (C=O) groups excluding carboxylic acids is 3. The quantitative estimate of drug-likeness (QED) is 0.115. The Morgan fingerprint density at radius 1 is 0.712 bits per heavy atom. The fourth-order valence-electron chi connectivity index (χ4n) is 9.53. The van der Waals surface area contributed by atoms with Crippen molar-refractivity contribution < 1.29 is 19.1 Å². The van der Waals surface area contributed by atoms with Gasteiger partial charge in [0.05, 0.1) is 48.9 Å². The molecular weight excluding hydrogens is 741 g/mol. The Morgan fingerprint density at radius 3 is 1.80 bits per heavy atom. The van der Waals surface area contributed by atoms with Crippen LogP contribution in [0.2, 0.25) is 0 Å². The summed E-state index contributed by atoms with van der Waals surface area (Å²) < 4.78 is 4.84. The molecule has 12 heteroatoms. The molecule has 2 aliphatic heterocycles. The van der Waals surface area contributed by atoms with Crippen LogP contribution in [0.15, 0.2) is 91.3 Å². The van der Waals surface area contributed by atoms with Gasteiger partial charge in [-0.1, -0.05) is 106 Å². The summed E-state index contributed by atoms with van der Waals surface area (Å²) in [7, 11) is 1.36. The topological polar surface area (TPSA) is 140 Å². The van der Waals surface area contributed by atoms with E-state index in [0.717, 1.165) is 122 Å². The van der Waals surface area contributed by atoms with Gasteiger partial charge in [0.15, 0.2) is 0 Å².